The summed E-state index contributed by atoms with van der Waals surface area (Å²) >= 11 is 0. The number of carboxylic acids is 1. The smallest absolute Gasteiger partial charge is 0.338 e. The number of carbonyl (C=O) groups is 3. The van der Waals surface area contributed by atoms with E-state index < -0.39 is 66.5 Å². The van der Waals surface area contributed by atoms with Crippen molar-refractivity contribution in [3.63, 3.8) is 0 Å². The number of hydrogen-bond donors (Lipinski definition) is 7. The molecule has 7 N–H and O–H groups in total. The Kier molecular flexibility index (Phi) is 10.1. The standard InChI is InChI=1S/C25H32O13/c26-15-6-5-12(10-19(29)30)14(15)4-2-1-3-7-36-25-23(34)22(33)21(32)18(38-25)11-37-24(35)13-8-16(27)20(31)17(28)9-13/h1-2,8-9,12,14,18,21-23,25,27-28,31-34H,3-7,10-11H2,(H,29,30)/t12-,14-,18-,21-,22+,23-,25-/m1/s1. The monoisotopic (exact) mass is 540 g/mol. The molecule has 1 aliphatic carbocycles. The van der Waals surface area contributed by atoms with E-state index in [2.05, 4.69) is 0 Å². The Bertz CT molecular complexity index is 1020. The maximum absolute atomic E-state index is 12.2. The number of benzene rings is 1. The minimum atomic E-state index is -1.67. The summed E-state index contributed by atoms with van der Waals surface area (Å²) in [4.78, 5) is 35.2. The lowest BCUT2D eigenvalue weighted by Gasteiger charge is -2.39. The normalized spacial score (nSPS) is 29.6. The van der Waals surface area contributed by atoms with Gasteiger partial charge in [-0.05, 0) is 37.3 Å². The van der Waals surface area contributed by atoms with E-state index in [1.807, 2.05) is 0 Å². The minimum absolute atomic E-state index is 0.0385. The molecular weight excluding hydrogens is 508 g/mol. The lowest BCUT2D eigenvalue weighted by Crippen LogP contribution is -2.59. The van der Waals surface area contributed by atoms with Gasteiger partial charge in [-0.1, -0.05) is 12.2 Å². The van der Waals surface area contributed by atoms with Gasteiger partial charge in [0.1, 0.15) is 36.8 Å². The van der Waals surface area contributed by atoms with Crippen LogP contribution in [0.1, 0.15) is 42.5 Å². The molecule has 0 aromatic heterocycles. The van der Waals surface area contributed by atoms with E-state index >= 15 is 0 Å². The average Bonchev–Trinajstić information content (AvgIpc) is 3.21. The molecule has 1 saturated heterocycles. The second-order valence-corrected chi connectivity index (χ2v) is 9.31. The maximum Gasteiger partial charge on any atom is 0.338 e. The van der Waals surface area contributed by atoms with E-state index in [4.69, 9.17) is 19.3 Å². The molecule has 0 unspecified atom stereocenters. The number of carboxylic acid groups (broad SMARTS) is 1. The van der Waals surface area contributed by atoms with Crippen LogP contribution in [0.15, 0.2) is 24.3 Å². The molecule has 0 amide bonds. The third-order valence-electron chi connectivity index (χ3n) is 6.66. The van der Waals surface area contributed by atoms with E-state index in [0.29, 0.717) is 25.7 Å². The molecule has 3 rings (SSSR count). The van der Waals surface area contributed by atoms with Crippen LogP contribution in [0.5, 0.6) is 17.2 Å². The number of allylic oxidation sites excluding steroid dienone is 1. The number of ketones is 1. The number of hydrogen-bond acceptors (Lipinski definition) is 12. The lowest BCUT2D eigenvalue weighted by molar-refractivity contribution is -0.300. The van der Waals surface area contributed by atoms with Gasteiger partial charge < -0.3 is 50.0 Å². The quantitative estimate of drug-likeness (QED) is 0.0863. The number of esters is 1. The van der Waals surface area contributed by atoms with Gasteiger partial charge in [0.15, 0.2) is 23.5 Å². The van der Waals surface area contributed by atoms with Gasteiger partial charge in [-0.2, -0.15) is 0 Å². The van der Waals surface area contributed by atoms with Crippen molar-refractivity contribution in [3.8, 4) is 17.2 Å². The predicted octanol–water partition coefficient (Wildman–Crippen LogP) is 0.191. The zero-order valence-corrected chi connectivity index (χ0v) is 20.4. The molecule has 1 saturated carbocycles. The van der Waals surface area contributed by atoms with E-state index in [1.165, 1.54) is 0 Å². The van der Waals surface area contributed by atoms with Crippen LogP contribution in [0.4, 0.5) is 0 Å². The molecule has 1 aromatic rings. The third-order valence-corrected chi connectivity index (χ3v) is 6.66. The summed E-state index contributed by atoms with van der Waals surface area (Å²) in [5, 5.41) is 68.0. The maximum atomic E-state index is 12.2. The number of phenols is 3. The van der Waals surface area contributed by atoms with Crippen molar-refractivity contribution >= 4 is 17.7 Å². The first-order chi connectivity index (χ1) is 18.0. The zero-order chi connectivity index (χ0) is 28.0. The average molecular weight is 541 g/mol. The van der Waals surface area contributed by atoms with Crippen LogP contribution in [0.25, 0.3) is 0 Å². The van der Waals surface area contributed by atoms with E-state index in [-0.39, 0.29) is 36.2 Å². The molecule has 2 aliphatic rings. The summed E-state index contributed by atoms with van der Waals surface area (Å²) in [6, 6.07) is 1.73. The van der Waals surface area contributed by atoms with Crippen LogP contribution >= 0.6 is 0 Å². The molecule has 1 heterocycles. The highest BCUT2D eigenvalue weighted by Gasteiger charge is 2.44. The highest BCUT2D eigenvalue weighted by atomic mass is 16.7. The SMILES string of the molecule is O=C(O)C[C@H]1CCC(=O)[C@@H]1CC=CCCO[C@@H]1O[C@H](COC(=O)c2cc(O)c(O)c(O)c2)[C@@H](O)[C@H](O)[C@H]1O. The molecule has 0 radical (unpaired) electrons. The Balaban J connectivity index is 1.47. The molecule has 1 aromatic carbocycles. The first kappa shape index (κ1) is 29.3. The molecule has 13 nitrogen and oxygen atoms in total. The number of rotatable bonds is 11. The lowest BCUT2D eigenvalue weighted by atomic mass is 9.89. The van der Waals surface area contributed by atoms with Crippen molar-refractivity contribution < 1.29 is 64.3 Å². The Morgan fingerprint density at radius 1 is 1.03 bits per heavy atom. The number of aliphatic carboxylic acids is 1. The summed E-state index contributed by atoms with van der Waals surface area (Å²) < 4.78 is 16.0. The summed E-state index contributed by atoms with van der Waals surface area (Å²) in [5.74, 6) is -4.73. The van der Waals surface area contributed by atoms with Crippen LogP contribution in [-0.2, 0) is 23.8 Å². The summed E-state index contributed by atoms with van der Waals surface area (Å²) in [5.41, 5.74) is -0.295. The van der Waals surface area contributed by atoms with E-state index in [0.717, 1.165) is 12.1 Å². The summed E-state index contributed by atoms with van der Waals surface area (Å²) in [7, 11) is 0. The van der Waals surface area contributed by atoms with E-state index in [1.54, 1.807) is 12.2 Å². The number of aromatic hydroxyl groups is 3. The van der Waals surface area contributed by atoms with Gasteiger partial charge in [0.2, 0.25) is 0 Å². The Morgan fingerprint density at radius 2 is 1.71 bits per heavy atom. The first-order valence-corrected chi connectivity index (χ1v) is 12.1. The van der Waals surface area contributed by atoms with Crippen LogP contribution in [0, 0.1) is 11.8 Å². The summed E-state index contributed by atoms with van der Waals surface area (Å²) in [6.07, 6.45) is -2.37. The highest BCUT2D eigenvalue weighted by molar-refractivity contribution is 5.91. The predicted molar refractivity (Wildman–Crippen MR) is 126 cm³/mol. The molecule has 13 heteroatoms. The van der Waals surface area contributed by atoms with Crippen molar-refractivity contribution in [2.45, 2.75) is 62.8 Å². The molecular formula is C25H32O13. The summed E-state index contributed by atoms with van der Waals surface area (Å²) in [6.45, 7) is -0.532. The first-order valence-electron chi connectivity index (χ1n) is 12.1. The zero-order valence-electron chi connectivity index (χ0n) is 20.4. The second kappa shape index (κ2) is 13.0. The molecule has 210 valence electrons. The van der Waals surface area contributed by atoms with Crippen molar-refractivity contribution in [3.05, 3.63) is 29.8 Å². The molecule has 38 heavy (non-hydrogen) atoms. The van der Waals surface area contributed by atoms with Gasteiger partial charge in [-0.15, -0.1) is 0 Å². The molecule has 0 bridgehead atoms. The van der Waals surface area contributed by atoms with Gasteiger partial charge in [0, 0.05) is 18.8 Å². The number of aliphatic hydroxyl groups excluding tert-OH is 3. The van der Waals surface area contributed by atoms with Gasteiger partial charge in [-0.25, -0.2) is 4.79 Å². The van der Waals surface area contributed by atoms with Crippen molar-refractivity contribution in [2.24, 2.45) is 11.8 Å². The van der Waals surface area contributed by atoms with Gasteiger partial charge in [-0.3, -0.25) is 9.59 Å². The fourth-order valence-corrected chi connectivity index (χ4v) is 4.54. The van der Waals surface area contributed by atoms with E-state index in [9.17, 15) is 45.0 Å². The molecule has 7 atom stereocenters. The fraction of sp³-hybridized carbons (Fsp3) is 0.560. The van der Waals surface area contributed by atoms with Gasteiger partial charge in [0.05, 0.1) is 12.2 Å². The Labute approximate surface area is 217 Å². The largest absolute Gasteiger partial charge is 0.504 e. The second-order valence-electron chi connectivity index (χ2n) is 9.31. The number of aliphatic hydroxyl groups is 3. The van der Waals surface area contributed by atoms with Gasteiger partial charge >= 0.3 is 11.9 Å². The topological polar surface area (TPSA) is 221 Å². The van der Waals surface area contributed by atoms with Crippen LogP contribution in [0.2, 0.25) is 0 Å². The minimum Gasteiger partial charge on any atom is -0.504 e. The Morgan fingerprint density at radius 3 is 2.37 bits per heavy atom. The van der Waals surface area contributed by atoms with Crippen molar-refractivity contribution in [1.82, 2.24) is 0 Å². The number of ether oxygens (including phenoxy) is 3. The van der Waals surface area contributed by atoms with Crippen molar-refractivity contribution in [1.29, 1.82) is 0 Å². The third kappa shape index (κ3) is 7.20. The number of Topliss-reactive ketones (excluding diaryl/α,β-unsaturated/α-hetero) is 1. The number of phenolic OH excluding ortho intramolecular Hbond substituents is 3. The van der Waals surface area contributed by atoms with Crippen LogP contribution < -0.4 is 0 Å². The number of carbonyl (C=O) groups excluding carboxylic acids is 2. The van der Waals surface area contributed by atoms with Crippen LogP contribution in [-0.4, -0.2) is 97.4 Å². The Hall–Kier alpha value is -3.23. The van der Waals surface area contributed by atoms with Crippen LogP contribution in [0.3, 0.4) is 0 Å². The molecule has 1 aliphatic heterocycles. The molecule has 2 fully saturated rings. The van der Waals surface area contributed by atoms with Gasteiger partial charge in [0.25, 0.3) is 0 Å². The highest BCUT2D eigenvalue weighted by Crippen LogP contribution is 2.36. The molecule has 0 spiro atoms. The fourth-order valence-electron chi connectivity index (χ4n) is 4.54. The van der Waals surface area contributed by atoms with Crippen molar-refractivity contribution in [2.75, 3.05) is 13.2 Å².